The Labute approximate surface area is 144 Å². The van der Waals surface area contributed by atoms with Crippen LogP contribution in [0.3, 0.4) is 0 Å². The first-order valence-electron chi connectivity index (χ1n) is 7.45. The second kappa shape index (κ2) is 7.53. The van der Waals surface area contributed by atoms with Crippen LogP contribution < -0.4 is 5.32 Å². The van der Waals surface area contributed by atoms with E-state index in [2.05, 4.69) is 5.32 Å². The van der Waals surface area contributed by atoms with Gasteiger partial charge in [0.2, 0.25) is 5.78 Å². The summed E-state index contributed by atoms with van der Waals surface area (Å²) >= 11 is 1.51. The third kappa shape index (κ3) is 3.86. The molecule has 1 heterocycles. The molecule has 2 aromatic carbocycles. The number of carbonyl (C=O) groups is 2. The summed E-state index contributed by atoms with van der Waals surface area (Å²) in [5.41, 5.74) is 1.31. The van der Waals surface area contributed by atoms with Crippen LogP contribution in [0.25, 0.3) is 6.08 Å². The fourth-order valence-corrected chi connectivity index (χ4v) is 2.86. The molecule has 0 fully saturated rings. The highest BCUT2D eigenvalue weighted by Crippen LogP contribution is 2.16. The maximum absolute atomic E-state index is 12.8. The monoisotopic (exact) mass is 333 g/mol. The minimum atomic E-state index is -0.303. The highest BCUT2D eigenvalue weighted by atomic mass is 32.1. The second-order valence-electron chi connectivity index (χ2n) is 5.09. The van der Waals surface area contributed by atoms with Crippen LogP contribution in [-0.4, -0.2) is 11.7 Å². The largest absolute Gasteiger partial charge is 0.319 e. The number of amides is 1. The van der Waals surface area contributed by atoms with E-state index in [0.29, 0.717) is 11.1 Å². The molecule has 1 aromatic heterocycles. The first-order valence-corrected chi connectivity index (χ1v) is 8.33. The van der Waals surface area contributed by atoms with Crippen molar-refractivity contribution in [3.05, 3.63) is 99.9 Å². The van der Waals surface area contributed by atoms with Gasteiger partial charge in [0, 0.05) is 16.0 Å². The second-order valence-corrected chi connectivity index (χ2v) is 6.07. The molecule has 3 rings (SSSR count). The number of carbonyl (C=O) groups excluding carboxylic acids is 2. The Bertz CT molecular complexity index is 853. The standard InChI is InChI=1S/C20H15NO2S/c22-19(15-8-3-1-4-9-15)18(14-17-12-7-13-24-17)21-20(23)16-10-5-2-6-11-16/h1-14H,(H,21,23). The summed E-state index contributed by atoms with van der Waals surface area (Å²) < 4.78 is 0. The van der Waals surface area contributed by atoms with E-state index in [4.69, 9.17) is 0 Å². The van der Waals surface area contributed by atoms with Gasteiger partial charge < -0.3 is 5.32 Å². The van der Waals surface area contributed by atoms with Gasteiger partial charge in [-0.05, 0) is 29.7 Å². The van der Waals surface area contributed by atoms with E-state index in [9.17, 15) is 9.59 Å². The lowest BCUT2D eigenvalue weighted by atomic mass is 10.1. The number of thiophene rings is 1. The normalized spacial score (nSPS) is 11.1. The van der Waals surface area contributed by atoms with Crippen LogP contribution in [0.15, 0.2) is 83.9 Å². The van der Waals surface area contributed by atoms with Crippen LogP contribution in [0.4, 0.5) is 0 Å². The molecule has 1 amide bonds. The van der Waals surface area contributed by atoms with Gasteiger partial charge in [0.25, 0.3) is 5.91 Å². The minimum absolute atomic E-state index is 0.215. The van der Waals surface area contributed by atoms with Crippen molar-refractivity contribution in [2.24, 2.45) is 0 Å². The number of Topliss-reactive ketones (excluding diaryl/α,β-unsaturated/α-hetero) is 1. The van der Waals surface area contributed by atoms with E-state index >= 15 is 0 Å². The first-order chi connectivity index (χ1) is 11.7. The molecule has 0 spiro atoms. The summed E-state index contributed by atoms with van der Waals surface area (Å²) in [6.45, 7) is 0. The third-order valence-corrected chi connectivity index (χ3v) is 4.21. The topological polar surface area (TPSA) is 46.2 Å². The lowest BCUT2D eigenvalue weighted by Gasteiger charge is -2.09. The molecule has 0 bridgehead atoms. The molecular weight excluding hydrogens is 318 g/mol. The number of hydrogen-bond acceptors (Lipinski definition) is 3. The van der Waals surface area contributed by atoms with Crippen LogP contribution in [0.5, 0.6) is 0 Å². The molecule has 3 aromatic rings. The number of allylic oxidation sites excluding steroid dienone is 1. The Hall–Kier alpha value is -2.98. The Morgan fingerprint density at radius 1 is 0.792 bits per heavy atom. The molecule has 0 saturated heterocycles. The lowest BCUT2D eigenvalue weighted by Crippen LogP contribution is -2.27. The van der Waals surface area contributed by atoms with Crippen molar-refractivity contribution in [3.8, 4) is 0 Å². The Morgan fingerprint density at radius 2 is 1.42 bits per heavy atom. The average molecular weight is 333 g/mol. The first kappa shape index (κ1) is 15.9. The summed E-state index contributed by atoms with van der Waals surface area (Å²) in [5, 5.41) is 4.68. The zero-order valence-electron chi connectivity index (χ0n) is 12.8. The van der Waals surface area contributed by atoms with Gasteiger partial charge >= 0.3 is 0 Å². The maximum Gasteiger partial charge on any atom is 0.255 e. The Morgan fingerprint density at radius 3 is 2.00 bits per heavy atom. The fraction of sp³-hybridized carbons (Fsp3) is 0. The van der Waals surface area contributed by atoms with Crippen molar-refractivity contribution in [2.45, 2.75) is 0 Å². The van der Waals surface area contributed by atoms with Crippen molar-refractivity contribution in [1.29, 1.82) is 0 Å². The smallest absolute Gasteiger partial charge is 0.255 e. The van der Waals surface area contributed by atoms with Gasteiger partial charge in [-0.25, -0.2) is 0 Å². The molecule has 0 aliphatic heterocycles. The molecule has 118 valence electrons. The molecule has 0 aliphatic rings. The lowest BCUT2D eigenvalue weighted by molar-refractivity contribution is 0.0934. The summed E-state index contributed by atoms with van der Waals surface area (Å²) in [5.74, 6) is -0.518. The van der Waals surface area contributed by atoms with E-state index in [-0.39, 0.29) is 17.4 Å². The summed E-state index contributed by atoms with van der Waals surface area (Å²) in [6, 6.07) is 21.6. The predicted molar refractivity (Wildman–Crippen MR) is 97.0 cm³/mol. The molecule has 0 saturated carbocycles. The number of benzene rings is 2. The van der Waals surface area contributed by atoms with Crippen molar-refractivity contribution < 1.29 is 9.59 Å². The van der Waals surface area contributed by atoms with E-state index in [1.165, 1.54) is 11.3 Å². The molecule has 3 nitrogen and oxygen atoms in total. The Balaban J connectivity index is 1.91. The zero-order chi connectivity index (χ0) is 16.8. The number of ketones is 1. The summed E-state index contributed by atoms with van der Waals surface area (Å²) in [7, 11) is 0. The van der Waals surface area contributed by atoms with Crippen LogP contribution in [-0.2, 0) is 0 Å². The van der Waals surface area contributed by atoms with Gasteiger partial charge in [0.15, 0.2) is 0 Å². The summed E-state index contributed by atoms with van der Waals surface area (Å²) in [4.78, 5) is 26.1. The van der Waals surface area contributed by atoms with E-state index in [1.807, 2.05) is 29.6 Å². The van der Waals surface area contributed by atoms with Crippen LogP contribution in [0.1, 0.15) is 25.6 Å². The van der Waals surface area contributed by atoms with Gasteiger partial charge in [0.1, 0.15) is 0 Å². The van der Waals surface area contributed by atoms with Gasteiger partial charge in [-0.1, -0.05) is 54.6 Å². The molecule has 0 unspecified atom stereocenters. The van der Waals surface area contributed by atoms with Gasteiger partial charge in [-0.3, -0.25) is 9.59 Å². The highest BCUT2D eigenvalue weighted by molar-refractivity contribution is 7.10. The van der Waals surface area contributed by atoms with E-state index in [1.54, 1.807) is 54.6 Å². The molecule has 4 heteroatoms. The fourth-order valence-electron chi connectivity index (χ4n) is 2.20. The van der Waals surface area contributed by atoms with Crippen molar-refractivity contribution >= 4 is 29.1 Å². The van der Waals surface area contributed by atoms with Gasteiger partial charge in [-0.15, -0.1) is 11.3 Å². The quantitative estimate of drug-likeness (QED) is 0.555. The zero-order valence-corrected chi connectivity index (χ0v) is 13.6. The Kier molecular flexibility index (Phi) is 4.99. The molecular formula is C20H15NO2S. The molecule has 1 N–H and O–H groups in total. The molecule has 0 radical (unpaired) electrons. The van der Waals surface area contributed by atoms with Crippen molar-refractivity contribution in [1.82, 2.24) is 5.32 Å². The highest BCUT2D eigenvalue weighted by Gasteiger charge is 2.16. The van der Waals surface area contributed by atoms with Crippen LogP contribution in [0, 0.1) is 0 Å². The average Bonchev–Trinajstić information content (AvgIpc) is 3.15. The third-order valence-electron chi connectivity index (χ3n) is 3.39. The predicted octanol–water partition coefficient (Wildman–Crippen LogP) is 4.40. The van der Waals surface area contributed by atoms with E-state index < -0.39 is 0 Å². The van der Waals surface area contributed by atoms with Crippen molar-refractivity contribution in [3.63, 3.8) is 0 Å². The number of hydrogen-bond donors (Lipinski definition) is 1. The summed E-state index contributed by atoms with van der Waals surface area (Å²) in [6.07, 6.45) is 1.71. The van der Waals surface area contributed by atoms with Crippen molar-refractivity contribution in [2.75, 3.05) is 0 Å². The van der Waals surface area contributed by atoms with Crippen LogP contribution in [0.2, 0.25) is 0 Å². The SMILES string of the molecule is O=C(NC(=Cc1cccs1)C(=O)c1ccccc1)c1ccccc1. The minimum Gasteiger partial charge on any atom is -0.319 e. The number of nitrogens with one attached hydrogen (secondary N) is 1. The number of rotatable bonds is 5. The molecule has 24 heavy (non-hydrogen) atoms. The molecule has 0 atom stereocenters. The van der Waals surface area contributed by atoms with Crippen LogP contribution >= 0.6 is 11.3 Å². The van der Waals surface area contributed by atoms with Gasteiger partial charge in [0.05, 0.1) is 5.70 Å². The maximum atomic E-state index is 12.8. The van der Waals surface area contributed by atoms with E-state index in [0.717, 1.165) is 4.88 Å². The van der Waals surface area contributed by atoms with Gasteiger partial charge in [-0.2, -0.15) is 0 Å². The molecule has 0 aliphatic carbocycles.